The number of thioether (sulfide) groups is 1. The number of aliphatic imine (C=N–C) groups is 1. The Labute approximate surface area is 135 Å². The Morgan fingerprint density at radius 2 is 2.09 bits per heavy atom. The standard InChI is InChI=1S/C16H24FN3OS/c1-18-15(20-11-16(21)7-3-4-8-16)19-10-12-9-13(17)5-6-14(12)22-2/h5-6,9,21H,3-4,7-8,10-11H2,1-2H3,(H2,18,19,20). The summed E-state index contributed by atoms with van der Waals surface area (Å²) in [4.78, 5) is 5.20. The second-order valence-electron chi connectivity index (χ2n) is 5.67. The summed E-state index contributed by atoms with van der Waals surface area (Å²) in [6.07, 6.45) is 5.78. The van der Waals surface area contributed by atoms with Crippen molar-refractivity contribution in [2.75, 3.05) is 19.8 Å². The number of hydrogen-bond donors (Lipinski definition) is 3. The van der Waals surface area contributed by atoms with E-state index in [0.717, 1.165) is 36.1 Å². The van der Waals surface area contributed by atoms with E-state index in [1.165, 1.54) is 12.1 Å². The Kier molecular flexibility index (Phi) is 6.08. The molecule has 2 rings (SSSR count). The summed E-state index contributed by atoms with van der Waals surface area (Å²) < 4.78 is 13.4. The van der Waals surface area contributed by atoms with Crippen LogP contribution in [0.5, 0.6) is 0 Å². The second kappa shape index (κ2) is 7.83. The van der Waals surface area contributed by atoms with Gasteiger partial charge >= 0.3 is 0 Å². The van der Waals surface area contributed by atoms with Crippen molar-refractivity contribution < 1.29 is 9.50 Å². The molecule has 1 aromatic carbocycles. The molecular weight excluding hydrogens is 301 g/mol. The summed E-state index contributed by atoms with van der Waals surface area (Å²) >= 11 is 1.59. The molecule has 0 bridgehead atoms. The van der Waals surface area contributed by atoms with Crippen molar-refractivity contribution in [1.29, 1.82) is 0 Å². The normalized spacial score (nSPS) is 17.5. The quantitative estimate of drug-likeness (QED) is 0.442. The fourth-order valence-corrected chi connectivity index (χ4v) is 3.34. The van der Waals surface area contributed by atoms with Gasteiger partial charge in [-0.15, -0.1) is 11.8 Å². The lowest BCUT2D eigenvalue weighted by atomic mass is 10.0. The van der Waals surface area contributed by atoms with Crippen LogP contribution in [0.3, 0.4) is 0 Å². The molecule has 6 heteroatoms. The Hall–Kier alpha value is -1.27. The van der Waals surface area contributed by atoms with E-state index in [1.54, 1.807) is 24.9 Å². The number of hydrogen-bond acceptors (Lipinski definition) is 3. The van der Waals surface area contributed by atoms with Gasteiger partial charge in [0, 0.05) is 25.0 Å². The highest BCUT2D eigenvalue weighted by atomic mass is 32.2. The van der Waals surface area contributed by atoms with Crippen LogP contribution in [0.2, 0.25) is 0 Å². The molecule has 0 amide bonds. The third-order valence-corrected chi connectivity index (χ3v) is 4.87. The van der Waals surface area contributed by atoms with E-state index in [1.807, 2.05) is 6.26 Å². The van der Waals surface area contributed by atoms with Crippen molar-refractivity contribution in [1.82, 2.24) is 10.6 Å². The van der Waals surface area contributed by atoms with Crippen molar-refractivity contribution in [3.8, 4) is 0 Å². The van der Waals surface area contributed by atoms with E-state index in [0.29, 0.717) is 19.0 Å². The zero-order valence-corrected chi connectivity index (χ0v) is 14.0. The number of nitrogens with one attached hydrogen (secondary N) is 2. The fraction of sp³-hybridized carbons (Fsp3) is 0.562. The van der Waals surface area contributed by atoms with Crippen LogP contribution in [-0.4, -0.2) is 36.5 Å². The molecule has 4 nitrogen and oxygen atoms in total. The number of aliphatic hydroxyl groups is 1. The van der Waals surface area contributed by atoms with Crippen LogP contribution in [0, 0.1) is 5.82 Å². The predicted octanol–water partition coefficient (Wildman–Crippen LogP) is 2.52. The van der Waals surface area contributed by atoms with E-state index < -0.39 is 5.60 Å². The van der Waals surface area contributed by atoms with Crippen molar-refractivity contribution in [2.24, 2.45) is 4.99 Å². The Balaban J connectivity index is 1.90. The molecule has 0 heterocycles. The molecule has 0 atom stereocenters. The van der Waals surface area contributed by atoms with E-state index in [9.17, 15) is 9.50 Å². The lowest BCUT2D eigenvalue weighted by Crippen LogP contribution is -2.45. The molecule has 0 spiro atoms. The molecular formula is C16H24FN3OS. The average Bonchev–Trinajstić information content (AvgIpc) is 2.95. The van der Waals surface area contributed by atoms with E-state index >= 15 is 0 Å². The Morgan fingerprint density at radius 3 is 2.73 bits per heavy atom. The lowest BCUT2D eigenvalue weighted by Gasteiger charge is -2.24. The maximum absolute atomic E-state index is 13.4. The highest BCUT2D eigenvalue weighted by molar-refractivity contribution is 7.98. The van der Waals surface area contributed by atoms with Crippen LogP contribution in [0.25, 0.3) is 0 Å². The van der Waals surface area contributed by atoms with Crippen molar-refractivity contribution in [3.63, 3.8) is 0 Å². The first-order valence-corrected chi connectivity index (χ1v) is 8.78. The van der Waals surface area contributed by atoms with Gasteiger partial charge in [0.25, 0.3) is 0 Å². The molecule has 0 radical (unpaired) electrons. The monoisotopic (exact) mass is 325 g/mol. The van der Waals surface area contributed by atoms with Gasteiger partial charge in [0.1, 0.15) is 5.82 Å². The third-order valence-electron chi connectivity index (χ3n) is 4.03. The first kappa shape index (κ1) is 17.1. The zero-order valence-electron chi connectivity index (χ0n) is 13.2. The predicted molar refractivity (Wildman–Crippen MR) is 89.8 cm³/mol. The Bertz CT molecular complexity index is 530. The van der Waals surface area contributed by atoms with Gasteiger partial charge in [-0.05, 0) is 42.9 Å². The molecule has 1 aliphatic rings. The molecule has 0 saturated heterocycles. The van der Waals surface area contributed by atoms with Crippen LogP contribution in [0.15, 0.2) is 28.1 Å². The molecule has 0 aliphatic heterocycles. The number of nitrogens with zero attached hydrogens (tertiary/aromatic N) is 1. The number of benzene rings is 1. The van der Waals surface area contributed by atoms with Crippen LogP contribution < -0.4 is 10.6 Å². The Morgan fingerprint density at radius 1 is 1.36 bits per heavy atom. The van der Waals surface area contributed by atoms with Crippen molar-refractivity contribution >= 4 is 17.7 Å². The molecule has 1 fully saturated rings. The summed E-state index contributed by atoms with van der Waals surface area (Å²) in [5.74, 6) is 0.384. The third kappa shape index (κ3) is 4.61. The van der Waals surface area contributed by atoms with Gasteiger partial charge in [0.05, 0.1) is 5.60 Å². The van der Waals surface area contributed by atoms with E-state index in [4.69, 9.17) is 0 Å². The largest absolute Gasteiger partial charge is 0.388 e. The molecule has 0 aromatic heterocycles. The maximum Gasteiger partial charge on any atom is 0.191 e. The van der Waals surface area contributed by atoms with Crippen molar-refractivity contribution in [3.05, 3.63) is 29.6 Å². The van der Waals surface area contributed by atoms with Gasteiger partial charge in [0.15, 0.2) is 5.96 Å². The zero-order chi connectivity index (χ0) is 16.0. The number of rotatable bonds is 5. The van der Waals surface area contributed by atoms with Gasteiger partial charge < -0.3 is 15.7 Å². The van der Waals surface area contributed by atoms with Crippen LogP contribution >= 0.6 is 11.8 Å². The fourth-order valence-electron chi connectivity index (χ4n) is 2.74. The van der Waals surface area contributed by atoms with Crippen LogP contribution in [0.1, 0.15) is 31.2 Å². The maximum atomic E-state index is 13.4. The summed E-state index contributed by atoms with van der Waals surface area (Å²) in [5, 5.41) is 16.7. The summed E-state index contributed by atoms with van der Waals surface area (Å²) in [7, 11) is 1.69. The summed E-state index contributed by atoms with van der Waals surface area (Å²) in [6.45, 7) is 0.983. The molecule has 0 unspecified atom stereocenters. The van der Waals surface area contributed by atoms with Crippen molar-refractivity contribution in [2.45, 2.75) is 42.7 Å². The highest BCUT2D eigenvalue weighted by Crippen LogP contribution is 2.28. The van der Waals surface area contributed by atoms with Gasteiger partial charge in [-0.1, -0.05) is 12.8 Å². The van der Waals surface area contributed by atoms with E-state index in [-0.39, 0.29) is 5.82 Å². The molecule has 1 aromatic rings. The molecule has 22 heavy (non-hydrogen) atoms. The molecule has 1 aliphatic carbocycles. The molecule has 122 valence electrons. The van der Waals surface area contributed by atoms with Gasteiger partial charge in [-0.2, -0.15) is 0 Å². The average molecular weight is 325 g/mol. The minimum atomic E-state index is -0.624. The SMILES string of the molecule is CN=C(NCc1cc(F)ccc1SC)NCC1(O)CCCC1. The number of halogens is 1. The summed E-state index contributed by atoms with van der Waals surface area (Å²) in [6, 6.07) is 4.79. The summed E-state index contributed by atoms with van der Waals surface area (Å²) in [5.41, 5.74) is 0.274. The number of guanidine groups is 1. The first-order valence-electron chi connectivity index (χ1n) is 7.56. The van der Waals surface area contributed by atoms with Gasteiger partial charge in [0.2, 0.25) is 0 Å². The van der Waals surface area contributed by atoms with Gasteiger partial charge in [-0.25, -0.2) is 4.39 Å². The first-order chi connectivity index (χ1) is 10.6. The molecule has 3 N–H and O–H groups in total. The van der Waals surface area contributed by atoms with Crippen LogP contribution in [0.4, 0.5) is 4.39 Å². The highest BCUT2D eigenvalue weighted by Gasteiger charge is 2.30. The van der Waals surface area contributed by atoms with Crippen LogP contribution in [-0.2, 0) is 6.54 Å². The minimum Gasteiger partial charge on any atom is -0.388 e. The molecule has 1 saturated carbocycles. The lowest BCUT2D eigenvalue weighted by molar-refractivity contribution is 0.0522. The smallest absolute Gasteiger partial charge is 0.191 e. The topological polar surface area (TPSA) is 56.7 Å². The second-order valence-corrected chi connectivity index (χ2v) is 6.52. The minimum absolute atomic E-state index is 0.238. The van der Waals surface area contributed by atoms with Gasteiger partial charge in [-0.3, -0.25) is 4.99 Å². The van der Waals surface area contributed by atoms with E-state index in [2.05, 4.69) is 15.6 Å².